The van der Waals surface area contributed by atoms with Crippen molar-refractivity contribution in [3.05, 3.63) is 0 Å². The van der Waals surface area contributed by atoms with Gasteiger partial charge in [0.2, 0.25) is 0 Å². The molecule has 0 amide bonds. The summed E-state index contributed by atoms with van der Waals surface area (Å²) in [6.45, 7) is 7.52. The van der Waals surface area contributed by atoms with Crippen LogP contribution in [0.15, 0.2) is 0 Å². The van der Waals surface area contributed by atoms with E-state index >= 15 is 0 Å². The maximum Gasteiger partial charge on any atom is 0.168 e. The van der Waals surface area contributed by atoms with E-state index in [4.69, 9.17) is 12.2 Å². The van der Waals surface area contributed by atoms with E-state index in [9.17, 15) is 0 Å². The van der Waals surface area contributed by atoms with Crippen LogP contribution in [0.1, 0.15) is 20.3 Å². The summed E-state index contributed by atoms with van der Waals surface area (Å²) in [6, 6.07) is 0.656. The zero-order chi connectivity index (χ0) is 11.4. The molecular weight excluding hydrogens is 206 g/mol. The van der Waals surface area contributed by atoms with E-state index in [0.29, 0.717) is 12.0 Å². The highest BCUT2D eigenvalue weighted by molar-refractivity contribution is 7.80. The second kappa shape index (κ2) is 5.66. The Hall–Kier alpha value is -0.350. The van der Waals surface area contributed by atoms with Crippen molar-refractivity contribution in [1.29, 1.82) is 0 Å². The van der Waals surface area contributed by atoms with Crippen LogP contribution >= 0.6 is 12.2 Å². The Morgan fingerprint density at radius 1 is 1.53 bits per heavy atom. The van der Waals surface area contributed by atoms with Crippen molar-refractivity contribution >= 4 is 17.3 Å². The second-order valence-corrected chi connectivity index (χ2v) is 5.32. The molecule has 1 unspecified atom stereocenters. The minimum absolute atomic E-state index is 0.648. The standard InChI is InChI=1S/C11H23N3S/c1-9(2)7-12-11(15)14-6-5-10(8-14)13(3)4/h9-10H,5-8H2,1-4H3,(H,12,15). The molecule has 0 bridgehead atoms. The molecule has 1 saturated heterocycles. The highest BCUT2D eigenvalue weighted by Gasteiger charge is 2.25. The number of hydrogen-bond acceptors (Lipinski definition) is 2. The van der Waals surface area contributed by atoms with Crippen molar-refractivity contribution in [3.8, 4) is 0 Å². The first-order valence-corrected chi connectivity index (χ1v) is 6.10. The van der Waals surface area contributed by atoms with Gasteiger partial charge in [-0.15, -0.1) is 0 Å². The Morgan fingerprint density at radius 2 is 2.20 bits per heavy atom. The summed E-state index contributed by atoms with van der Waals surface area (Å²) in [4.78, 5) is 4.56. The van der Waals surface area contributed by atoms with Crippen LogP contribution in [-0.4, -0.2) is 54.7 Å². The van der Waals surface area contributed by atoms with E-state index in [-0.39, 0.29) is 0 Å². The fraction of sp³-hybridized carbons (Fsp3) is 0.909. The summed E-state index contributed by atoms with van der Waals surface area (Å²) in [5, 5.41) is 4.25. The molecule has 0 aliphatic carbocycles. The Kier molecular flexibility index (Phi) is 4.80. The lowest BCUT2D eigenvalue weighted by Gasteiger charge is -2.23. The summed E-state index contributed by atoms with van der Waals surface area (Å²) >= 11 is 5.37. The van der Waals surface area contributed by atoms with Gasteiger partial charge in [0.15, 0.2) is 5.11 Å². The Bertz CT molecular complexity index is 216. The lowest BCUT2D eigenvalue weighted by molar-refractivity contribution is 0.300. The number of likely N-dealkylation sites (N-methyl/N-ethyl adjacent to an activating group) is 1. The molecule has 0 aromatic carbocycles. The molecule has 1 N–H and O–H groups in total. The number of hydrogen-bond donors (Lipinski definition) is 1. The molecule has 4 heteroatoms. The van der Waals surface area contributed by atoms with E-state index < -0.39 is 0 Å². The fourth-order valence-corrected chi connectivity index (χ4v) is 2.00. The zero-order valence-corrected chi connectivity index (χ0v) is 11.1. The van der Waals surface area contributed by atoms with Crippen LogP contribution in [0.25, 0.3) is 0 Å². The number of rotatable bonds is 3. The molecule has 88 valence electrons. The van der Waals surface area contributed by atoms with Gasteiger partial charge in [0.05, 0.1) is 0 Å². The minimum Gasteiger partial charge on any atom is -0.362 e. The highest BCUT2D eigenvalue weighted by atomic mass is 32.1. The molecule has 0 aromatic heterocycles. The van der Waals surface area contributed by atoms with E-state index in [1.165, 1.54) is 6.42 Å². The van der Waals surface area contributed by atoms with Crippen molar-refractivity contribution in [1.82, 2.24) is 15.1 Å². The first-order chi connectivity index (χ1) is 7.00. The van der Waals surface area contributed by atoms with E-state index in [0.717, 1.165) is 24.7 Å². The monoisotopic (exact) mass is 229 g/mol. The van der Waals surface area contributed by atoms with Crippen molar-refractivity contribution in [2.45, 2.75) is 26.3 Å². The van der Waals surface area contributed by atoms with Crippen LogP contribution in [0.2, 0.25) is 0 Å². The van der Waals surface area contributed by atoms with Crippen LogP contribution in [0.3, 0.4) is 0 Å². The predicted molar refractivity (Wildman–Crippen MR) is 69.1 cm³/mol. The summed E-state index contributed by atoms with van der Waals surface area (Å²) in [5.74, 6) is 0.648. The first-order valence-electron chi connectivity index (χ1n) is 5.70. The van der Waals surface area contributed by atoms with Crippen LogP contribution in [-0.2, 0) is 0 Å². The zero-order valence-electron chi connectivity index (χ0n) is 10.3. The van der Waals surface area contributed by atoms with Gasteiger partial charge in [-0.3, -0.25) is 0 Å². The van der Waals surface area contributed by atoms with Crippen molar-refractivity contribution in [3.63, 3.8) is 0 Å². The van der Waals surface area contributed by atoms with E-state index in [2.05, 4.69) is 43.1 Å². The first kappa shape index (κ1) is 12.7. The lowest BCUT2D eigenvalue weighted by atomic mass is 10.2. The van der Waals surface area contributed by atoms with Crippen molar-refractivity contribution < 1.29 is 0 Å². The van der Waals surface area contributed by atoms with Gasteiger partial charge in [0.1, 0.15) is 0 Å². The number of thiocarbonyl (C=S) groups is 1. The molecule has 1 aliphatic rings. The van der Waals surface area contributed by atoms with Gasteiger partial charge in [-0.2, -0.15) is 0 Å². The molecule has 0 saturated carbocycles. The van der Waals surface area contributed by atoms with E-state index in [1.54, 1.807) is 0 Å². The minimum atomic E-state index is 0.648. The third-order valence-electron chi connectivity index (χ3n) is 2.84. The van der Waals surface area contributed by atoms with Gasteiger partial charge >= 0.3 is 0 Å². The van der Waals surface area contributed by atoms with Gasteiger partial charge in [0, 0.05) is 25.7 Å². The average Bonchev–Trinajstić information content (AvgIpc) is 2.62. The number of likely N-dealkylation sites (tertiary alicyclic amines) is 1. The molecule has 0 radical (unpaired) electrons. The number of nitrogens with zero attached hydrogens (tertiary/aromatic N) is 2. The molecule has 1 heterocycles. The molecule has 15 heavy (non-hydrogen) atoms. The Balaban J connectivity index is 2.30. The van der Waals surface area contributed by atoms with Gasteiger partial charge in [0.25, 0.3) is 0 Å². The normalized spacial score (nSPS) is 21.5. The lowest BCUT2D eigenvalue weighted by Crippen LogP contribution is -2.41. The van der Waals surface area contributed by atoms with Crippen molar-refractivity contribution in [2.24, 2.45) is 5.92 Å². The molecule has 1 rings (SSSR count). The molecule has 0 aromatic rings. The molecule has 1 fully saturated rings. The SMILES string of the molecule is CC(C)CNC(=S)N1CCC(N(C)C)C1. The fourth-order valence-electron chi connectivity index (χ4n) is 1.75. The smallest absolute Gasteiger partial charge is 0.168 e. The van der Waals surface area contributed by atoms with E-state index in [1.807, 2.05) is 0 Å². The highest BCUT2D eigenvalue weighted by Crippen LogP contribution is 2.13. The maximum atomic E-state index is 5.37. The molecule has 3 nitrogen and oxygen atoms in total. The summed E-state index contributed by atoms with van der Waals surface area (Å²) in [6.07, 6.45) is 1.22. The predicted octanol–water partition coefficient (Wildman–Crippen LogP) is 1.15. The third-order valence-corrected chi connectivity index (χ3v) is 3.24. The van der Waals surface area contributed by atoms with Crippen LogP contribution in [0.5, 0.6) is 0 Å². The van der Waals surface area contributed by atoms with Gasteiger partial charge in [-0.1, -0.05) is 13.8 Å². The largest absolute Gasteiger partial charge is 0.362 e. The topological polar surface area (TPSA) is 18.5 Å². The Morgan fingerprint density at radius 3 is 2.67 bits per heavy atom. The van der Waals surface area contributed by atoms with Gasteiger partial charge in [-0.05, 0) is 38.7 Å². The summed E-state index contributed by atoms with van der Waals surface area (Å²) in [7, 11) is 4.28. The molecular formula is C11H23N3S. The van der Waals surface area contributed by atoms with Crippen LogP contribution < -0.4 is 5.32 Å². The summed E-state index contributed by atoms with van der Waals surface area (Å²) in [5.41, 5.74) is 0. The quantitative estimate of drug-likeness (QED) is 0.732. The van der Waals surface area contributed by atoms with Gasteiger partial charge in [-0.25, -0.2) is 0 Å². The van der Waals surface area contributed by atoms with Gasteiger partial charge < -0.3 is 15.1 Å². The van der Waals surface area contributed by atoms with Crippen molar-refractivity contribution in [2.75, 3.05) is 33.7 Å². The molecule has 1 aliphatic heterocycles. The molecule has 1 atom stereocenters. The van der Waals surface area contributed by atoms with Crippen LogP contribution in [0.4, 0.5) is 0 Å². The maximum absolute atomic E-state index is 5.37. The molecule has 0 spiro atoms. The second-order valence-electron chi connectivity index (χ2n) is 4.93. The summed E-state index contributed by atoms with van der Waals surface area (Å²) < 4.78 is 0. The number of nitrogens with one attached hydrogen (secondary N) is 1. The van der Waals surface area contributed by atoms with Crippen LogP contribution in [0, 0.1) is 5.92 Å². The average molecular weight is 229 g/mol. The Labute approximate surface area is 98.8 Å². The third kappa shape index (κ3) is 3.95.